The Hall–Kier alpha value is -2.94. The topological polar surface area (TPSA) is 80.3 Å². The van der Waals surface area contributed by atoms with Crippen molar-refractivity contribution in [3.05, 3.63) is 59.4 Å². The molecule has 0 aliphatic heterocycles. The molecule has 2 aromatic rings. The van der Waals surface area contributed by atoms with E-state index in [1.165, 1.54) is 37.6 Å². The fourth-order valence-electron chi connectivity index (χ4n) is 2.03. The number of methoxy groups -OCH3 is 1. The van der Waals surface area contributed by atoms with Gasteiger partial charge in [0.2, 0.25) is 0 Å². The summed E-state index contributed by atoms with van der Waals surface area (Å²) >= 11 is 0. The average molecular weight is 367 g/mol. The van der Waals surface area contributed by atoms with E-state index in [0.29, 0.717) is 13.2 Å². The highest BCUT2D eigenvalue weighted by Crippen LogP contribution is 2.30. The quantitative estimate of drug-likeness (QED) is 0.770. The molecule has 0 aliphatic rings. The molecular weight excluding hydrogens is 351 g/mol. The minimum absolute atomic E-state index is 0.0263. The number of pyridine rings is 1. The maximum atomic E-state index is 12.7. The Kier molecular flexibility index (Phi) is 6.29. The number of benzene rings is 1. The van der Waals surface area contributed by atoms with Crippen molar-refractivity contribution in [2.24, 2.45) is 0 Å². The number of carbonyl (C=O) groups excluding carboxylic acids is 2. The zero-order chi connectivity index (χ0) is 19.2. The average Bonchev–Trinajstić information content (AvgIpc) is 2.61. The number of aromatic nitrogens is 1. The van der Waals surface area contributed by atoms with Crippen LogP contribution in [0.5, 0.6) is 0 Å². The molecule has 0 spiro atoms. The first-order valence-corrected chi connectivity index (χ1v) is 7.53. The van der Waals surface area contributed by atoms with Crippen molar-refractivity contribution in [1.82, 2.24) is 10.3 Å². The van der Waals surface area contributed by atoms with Crippen LogP contribution in [0.2, 0.25) is 0 Å². The molecule has 0 aliphatic carbocycles. The van der Waals surface area contributed by atoms with Crippen LogP contribution >= 0.6 is 0 Å². The Morgan fingerprint density at radius 1 is 1.15 bits per heavy atom. The molecule has 1 aromatic carbocycles. The van der Waals surface area contributed by atoms with Gasteiger partial charge in [-0.3, -0.25) is 14.6 Å². The monoisotopic (exact) mass is 367 g/mol. The Balaban J connectivity index is 2.11. The zero-order valence-electron chi connectivity index (χ0n) is 13.8. The second-order valence-electron chi connectivity index (χ2n) is 5.21. The lowest BCUT2D eigenvalue weighted by atomic mass is 10.1. The standard InChI is InChI=1S/C17H16F3N3O3/c1-26-8-7-22-15(24)11-5-6-21-14(9-11)16(25)23-13-4-2-3-12(10-13)17(18,19)20/h2-6,9-10H,7-8H2,1H3,(H,22,24)(H,23,25). The fraction of sp³-hybridized carbons (Fsp3) is 0.235. The van der Waals surface area contributed by atoms with Crippen molar-refractivity contribution in [3.8, 4) is 0 Å². The van der Waals surface area contributed by atoms with E-state index in [4.69, 9.17) is 4.74 Å². The molecule has 2 N–H and O–H groups in total. The van der Waals surface area contributed by atoms with Crippen LogP contribution in [0.4, 0.5) is 18.9 Å². The van der Waals surface area contributed by atoms with Gasteiger partial charge in [-0.2, -0.15) is 13.2 Å². The lowest BCUT2D eigenvalue weighted by Gasteiger charge is -2.10. The minimum atomic E-state index is -4.51. The lowest BCUT2D eigenvalue weighted by molar-refractivity contribution is -0.137. The summed E-state index contributed by atoms with van der Waals surface area (Å²) in [6.45, 7) is 0.628. The van der Waals surface area contributed by atoms with Crippen LogP contribution in [0.15, 0.2) is 42.6 Å². The Morgan fingerprint density at radius 2 is 1.92 bits per heavy atom. The van der Waals surface area contributed by atoms with Crippen molar-refractivity contribution in [3.63, 3.8) is 0 Å². The van der Waals surface area contributed by atoms with Gasteiger partial charge in [-0.25, -0.2) is 0 Å². The van der Waals surface area contributed by atoms with Crippen LogP contribution in [-0.4, -0.2) is 37.1 Å². The summed E-state index contributed by atoms with van der Waals surface area (Å²) in [6, 6.07) is 6.91. The van der Waals surface area contributed by atoms with Gasteiger partial charge in [0.05, 0.1) is 12.2 Å². The zero-order valence-corrected chi connectivity index (χ0v) is 13.8. The fourth-order valence-corrected chi connectivity index (χ4v) is 2.03. The summed E-state index contributed by atoms with van der Waals surface area (Å²) in [5.74, 6) is -1.14. The maximum Gasteiger partial charge on any atom is 0.416 e. The largest absolute Gasteiger partial charge is 0.416 e. The van der Waals surface area contributed by atoms with Gasteiger partial charge in [0.15, 0.2) is 0 Å². The van der Waals surface area contributed by atoms with Gasteiger partial charge in [0, 0.05) is 31.1 Å². The molecular formula is C17H16F3N3O3. The third-order valence-corrected chi connectivity index (χ3v) is 3.29. The van der Waals surface area contributed by atoms with Gasteiger partial charge in [0.25, 0.3) is 11.8 Å². The van der Waals surface area contributed by atoms with E-state index in [9.17, 15) is 22.8 Å². The number of amides is 2. The lowest BCUT2D eigenvalue weighted by Crippen LogP contribution is -2.27. The normalized spacial score (nSPS) is 11.1. The van der Waals surface area contributed by atoms with Gasteiger partial charge in [-0.1, -0.05) is 6.07 Å². The van der Waals surface area contributed by atoms with Gasteiger partial charge in [0.1, 0.15) is 5.69 Å². The summed E-state index contributed by atoms with van der Waals surface area (Å²) in [7, 11) is 1.49. The van der Waals surface area contributed by atoms with Crippen LogP contribution < -0.4 is 10.6 Å². The van der Waals surface area contributed by atoms with E-state index in [0.717, 1.165) is 12.1 Å². The molecule has 0 atom stereocenters. The summed E-state index contributed by atoms with van der Waals surface area (Å²) in [4.78, 5) is 28.0. The van der Waals surface area contributed by atoms with Gasteiger partial charge < -0.3 is 15.4 Å². The summed E-state index contributed by atoms with van der Waals surface area (Å²) in [5.41, 5.74) is -0.803. The van der Waals surface area contributed by atoms with Gasteiger partial charge >= 0.3 is 6.18 Å². The Labute approximate surface area is 147 Å². The van der Waals surface area contributed by atoms with Crippen molar-refractivity contribution >= 4 is 17.5 Å². The first-order chi connectivity index (χ1) is 12.3. The van der Waals surface area contributed by atoms with E-state index in [-0.39, 0.29) is 16.9 Å². The molecule has 9 heteroatoms. The third-order valence-electron chi connectivity index (χ3n) is 3.29. The van der Waals surface area contributed by atoms with Crippen molar-refractivity contribution in [2.75, 3.05) is 25.6 Å². The van der Waals surface area contributed by atoms with E-state index in [1.807, 2.05) is 0 Å². The van der Waals surface area contributed by atoms with Crippen molar-refractivity contribution in [1.29, 1.82) is 0 Å². The summed E-state index contributed by atoms with van der Waals surface area (Å²) in [5, 5.41) is 4.93. The molecule has 138 valence electrons. The molecule has 0 bridgehead atoms. The summed E-state index contributed by atoms with van der Waals surface area (Å²) in [6.07, 6.45) is -3.24. The number of hydrogen-bond acceptors (Lipinski definition) is 4. The molecule has 26 heavy (non-hydrogen) atoms. The smallest absolute Gasteiger partial charge is 0.383 e. The third kappa shape index (κ3) is 5.28. The second-order valence-corrected chi connectivity index (χ2v) is 5.21. The molecule has 0 saturated carbocycles. The molecule has 0 radical (unpaired) electrons. The number of hydrogen-bond donors (Lipinski definition) is 2. The molecule has 0 fully saturated rings. The highest BCUT2D eigenvalue weighted by atomic mass is 19.4. The molecule has 0 unspecified atom stereocenters. The van der Waals surface area contributed by atoms with E-state index >= 15 is 0 Å². The number of nitrogens with one attached hydrogen (secondary N) is 2. The van der Waals surface area contributed by atoms with E-state index in [2.05, 4.69) is 15.6 Å². The molecule has 2 amide bonds. The second kappa shape index (κ2) is 8.43. The molecule has 1 aromatic heterocycles. The number of nitrogens with zero attached hydrogens (tertiary/aromatic N) is 1. The Morgan fingerprint density at radius 3 is 2.62 bits per heavy atom. The number of halogens is 3. The van der Waals surface area contributed by atoms with Crippen LogP contribution in [0, 0.1) is 0 Å². The maximum absolute atomic E-state index is 12.7. The highest BCUT2D eigenvalue weighted by Gasteiger charge is 2.30. The predicted molar refractivity (Wildman–Crippen MR) is 87.8 cm³/mol. The molecule has 2 rings (SSSR count). The highest BCUT2D eigenvalue weighted by molar-refractivity contribution is 6.04. The first-order valence-electron chi connectivity index (χ1n) is 7.53. The SMILES string of the molecule is COCCNC(=O)c1ccnc(C(=O)Nc2cccc(C(F)(F)F)c2)c1. The Bertz CT molecular complexity index is 794. The number of ether oxygens (including phenoxy) is 1. The van der Waals surface area contributed by atoms with Crippen LogP contribution in [0.1, 0.15) is 26.4 Å². The molecule has 6 nitrogen and oxygen atoms in total. The number of alkyl halides is 3. The predicted octanol–water partition coefficient (Wildman–Crippen LogP) is 2.73. The number of anilines is 1. The first kappa shape index (κ1) is 19.4. The van der Waals surface area contributed by atoms with Crippen LogP contribution in [0.3, 0.4) is 0 Å². The molecule has 1 heterocycles. The van der Waals surface area contributed by atoms with Gasteiger partial charge in [-0.15, -0.1) is 0 Å². The van der Waals surface area contributed by atoms with Gasteiger partial charge in [-0.05, 0) is 30.3 Å². The van der Waals surface area contributed by atoms with Crippen molar-refractivity contribution < 1.29 is 27.5 Å². The van der Waals surface area contributed by atoms with E-state index < -0.39 is 23.6 Å². The van der Waals surface area contributed by atoms with E-state index in [1.54, 1.807) is 0 Å². The number of rotatable bonds is 6. The minimum Gasteiger partial charge on any atom is -0.383 e. The number of carbonyl (C=O) groups is 2. The van der Waals surface area contributed by atoms with Crippen molar-refractivity contribution in [2.45, 2.75) is 6.18 Å². The van der Waals surface area contributed by atoms with Crippen LogP contribution in [-0.2, 0) is 10.9 Å². The van der Waals surface area contributed by atoms with Crippen LogP contribution in [0.25, 0.3) is 0 Å². The summed E-state index contributed by atoms with van der Waals surface area (Å²) < 4.78 is 43.0. The molecule has 0 saturated heterocycles.